The maximum absolute atomic E-state index is 13.1. The molecule has 0 aliphatic rings. The lowest BCUT2D eigenvalue weighted by Gasteiger charge is -2.25. The molecule has 7 N–H and O–H groups in total. The van der Waals surface area contributed by atoms with Crippen LogP contribution in [0.25, 0.3) is 0 Å². The van der Waals surface area contributed by atoms with Crippen LogP contribution in [0.5, 0.6) is 0 Å². The van der Waals surface area contributed by atoms with E-state index in [4.69, 9.17) is 10.8 Å². The Morgan fingerprint density at radius 2 is 1.50 bits per heavy atom. The van der Waals surface area contributed by atoms with Crippen LogP contribution in [-0.2, 0) is 30.4 Å². The van der Waals surface area contributed by atoms with Crippen LogP contribution in [0, 0.1) is 0 Å². The first kappa shape index (κ1) is 29.3. The molecule has 11 nitrogen and oxygen atoms in total. The second-order valence-corrected chi connectivity index (χ2v) is 8.73. The van der Waals surface area contributed by atoms with Crippen LogP contribution in [0.3, 0.4) is 0 Å². The first-order valence-corrected chi connectivity index (χ1v) is 12.4. The summed E-state index contributed by atoms with van der Waals surface area (Å²) < 4.78 is 0. The fourth-order valence-electron chi connectivity index (χ4n) is 2.85. The molecular weight excluding hydrogens is 484 g/mol. The van der Waals surface area contributed by atoms with Crippen molar-refractivity contribution in [2.75, 3.05) is 17.8 Å². The van der Waals surface area contributed by atoms with E-state index >= 15 is 0 Å². The molecule has 0 saturated heterocycles. The van der Waals surface area contributed by atoms with E-state index in [1.807, 2.05) is 6.26 Å². The van der Waals surface area contributed by atoms with Gasteiger partial charge in [-0.1, -0.05) is 30.3 Å². The highest BCUT2D eigenvalue weighted by molar-refractivity contribution is 7.98. The number of thiol groups is 1. The van der Waals surface area contributed by atoms with Crippen LogP contribution in [0.1, 0.15) is 18.4 Å². The number of hydrogen-bond donors (Lipinski definition) is 7. The van der Waals surface area contributed by atoms with Crippen molar-refractivity contribution in [3.63, 3.8) is 0 Å². The Morgan fingerprint density at radius 3 is 2.03 bits per heavy atom. The highest BCUT2D eigenvalue weighted by Gasteiger charge is 2.30. The summed E-state index contributed by atoms with van der Waals surface area (Å²) in [5.41, 5.74) is 6.33. The molecule has 1 aromatic rings. The number of aliphatic carboxylic acids is 2. The first-order chi connectivity index (χ1) is 16.1. The number of carbonyl (C=O) groups excluding carboxylic acids is 3. The van der Waals surface area contributed by atoms with E-state index in [2.05, 4.69) is 28.6 Å². The summed E-state index contributed by atoms with van der Waals surface area (Å²) in [6.07, 6.45) is 1.46. The fourth-order valence-corrected chi connectivity index (χ4v) is 3.57. The quantitative estimate of drug-likeness (QED) is 0.148. The maximum Gasteiger partial charge on any atom is 0.327 e. The molecule has 0 aromatic heterocycles. The maximum atomic E-state index is 13.1. The van der Waals surface area contributed by atoms with Gasteiger partial charge in [-0.05, 0) is 24.0 Å². The van der Waals surface area contributed by atoms with Gasteiger partial charge in [-0.2, -0.15) is 24.4 Å². The summed E-state index contributed by atoms with van der Waals surface area (Å²) in [6, 6.07) is 3.94. The van der Waals surface area contributed by atoms with Crippen molar-refractivity contribution >= 4 is 54.1 Å². The average Bonchev–Trinajstić information content (AvgIpc) is 2.79. The van der Waals surface area contributed by atoms with Gasteiger partial charge < -0.3 is 31.9 Å². The Morgan fingerprint density at radius 1 is 0.941 bits per heavy atom. The van der Waals surface area contributed by atoms with Gasteiger partial charge in [0.05, 0.1) is 12.5 Å². The zero-order valence-electron chi connectivity index (χ0n) is 18.6. The molecule has 0 aliphatic carbocycles. The minimum atomic E-state index is -1.37. The van der Waals surface area contributed by atoms with Crippen molar-refractivity contribution in [2.45, 2.75) is 43.4 Å². The molecular formula is C21H30N4O7S2. The number of carbonyl (C=O) groups is 5. The number of nitrogens with one attached hydrogen (secondary N) is 3. The van der Waals surface area contributed by atoms with Crippen LogP contribution in [0.2, 0.25) is 0 Å². The third-order valence-corrected chi connectivity index (χ3v) is 5.70. The number of amides is 3. The summed E-state index contributed by atoms with van der Waals surface area (Å²) >= 11 is 5.35. The summed E-state index contributed by atoms with van der Waals surface area (Å²) in [5.74, 6) is -4.40. The van der Waals surface area contributed by atoms with E-state index < -0.39 is 60.2 Å². The van der Waals surface area contributed by atoms with Gasteiger partial charge >= 0.3 is 11.9 Å². The number of carboxylic acids is 2. The highest BCUT2D eigenvalue weighted by Crippen LogP contribution is 2.07. The predicted molar refractivity (Wildman–Crippen MR) is 131 cm³/mol. The first-order valence-electron chi connectivity index (χ1n) is 10.3. The zero-order valence-corrected chi connectivity index (χ0v) is 20.3. The van der Waals surface area contributed by atoms with E-state index in [0.29, 0.717) is 11.3 Å². The second-order valence-electron chi connectivity index (χ2n) is 7.38. The van der Waals surface area contributed by atoms with Gasteiger partial charge in [0.15, 0.2) is 0 Å². The van der Waals surface area contributed by atoms with Gasteiger partial charge in [0.25, 0.3) is 0 Å². The standard InChI is InChI=1S/C21H30N4O7S2/c1-34-8-7-14(19(29)25-16(11-33)21(31)32)23-20(30)15(9-12-5-3-2-4-6-12)24-18(28)13(22)10-17(26)27/h2-6,13-16,33H,7-11,22H2,1H3,(H,23,30)(H,24,28)(H,25,29)(H,26,27)(H,31,32). The van der Waals surface area contributed by atoms with Gasteiger partial charge in [0.2, 0.25) is 17.7 Å². The average molecular weight is 515 g/mol. The summed E-state index contributed by atoms with van der Waals surface area (Å²) in [7, 11) is 0. The summed E-state index contributed by atoms with van der Waals surface area (Å²) in [5, 5.41) is 25.4. The predicted octanol–water partition coefficient (Wildman–Crippen LogP) is -0.747. The molecule has 1 rings (SSSR count). The normalized spacial score (nSPS) is 14.2. The molecule has 0 radical (unpaired) electrons. The molecule has 0 fully saturated rings. The van der Waals surface area contributed by atoms with Crippen LogP contribution in [0.15, 0.2) is 30.3 Å². The van der Waals surface area contributed by atoms with Crippen LogP contribution in [-0.4, -0.2) is 81.8 Å². The smallest absolute Gasteiger partial charge is 0.327 e. The lowest BCUT2D eigenvalue weighted by molar-refractivity contribution is -0.141. The summed E-state index contributed by atoms with van der Waals surface area (Å²) in [4.78, 5) is 60.3. The topological polar surface area (TPSA) is 188 Å². The van der Waals surface area contributed by atoms with Crippen LogP contribution in [0.4, 0.5) is 0 Å². The number of rotatable bonds is 15. The Bertz CT molecular complexity index is 857. The number of nitrogens with two attached hydrogens (primary N) is 1. The lowest BCUT2D eigenvalue weighted by Crippen LogP contribution is -2.58. The monoisotopic (exact) mass is 514 g/mol. The minimum absolute atomic E-state index is 0.0590. The number of benzene rings is 1. The molecule has 1 aromatic carbocycles. The van der Waals surface area contributed by atoms with Crippen molar-refractivity contribution < 1.29 is 34.2 Å². The molecule has 0 bridgehead atoms. The molecule has 0 spiro atoms. The molecule has 4 atom stereocenters. The fraction of sp³-hybridized carbons (Fsp3) is 0.476. The van der Waals surface area contributed by atoms with Gasteiger partial charge in [-0.25, -0.2) is 4.79 Å². The van der Waals surface area contributed by atoms with E-state index in [9.17, 15) is 29.1 Å². The molecule has 34 heavy (non-hydrogen) atoms. The number of thioether (sulfide) groups is 1. The van der Waals surface area contributed by atoms with Crippen molar-refractivity contribution in [1.29, 1.82) is 0 Å². The Hall–Kier alpha value is -2.77. The number of carboxylic acid groups (broad SMARTS) is 2. The Balaban J connectivity index is 3.05. The van der Waals surface area contributed by atoms with Gasteiger partial charge in [-0.15, -0.1) is 0 Å². The Kier molecular flexibility index (Phi) is 13.1. The van der Waals surface area contributed by atoms with E-state index in [1.54, 1.807) is 30.3 Å². The summed E-state index contributed by atoms with van der Waals surface area (Å²) in [6.45, 7) is 0. The van der Waals surface area contributed by atoms with E-state index in [0.717, 1.165) is 0 Å². The zero-order chi connectivity index (χ0) is 25.7. The van der Waals surface area contributed by atoms with Crippen molar-refractivity contribution in [3.8, 4) is 0 Å². The molecule has 188 valence electrons. The van der Waals surface area contributed by atoms with Crippen molar-refractivity contribution in [2.24, 2.45) is 5.73 Å². The van der Waals surface area contributed by atoms with Crippen molar-refractivity contribution in [1.82, 2.24) is 16.0 Å². The lowest BCUT2D eigenvalue weighted by atomic mass is 10.0. The Labute approximate surface area is 207 Å². The highest BCUT2D eigenvalue weighted by atomic mass is 32.2. The molecule has 13 heteroatoms. The van der Waals surface area contributed by atoms with E-state index in [1.165, 1.54) is 11.8 Å². The third kappa shape index (κ3) is 10.4. The minimum Gasteiger partial charge on any atom is -0.481 e. The number of hydrogen-bond acceptors (Lipinski definition) is 8. The molecule has 3 amide bonds. The van der Waals surface area contributed by atoms with Gasteiger partial charge in [0.1, 0.15) is 18.1 Å². The molecule has 0 aliphatic heterocycles. The molecule has 0 saturated carbocycles. The second kappa shape index (κ2) is 15.2. The SMILES string of the molecule is CSCCC(NC(=O)C(Cc1ccccc1)NC(=O)C(N)CC(=O)O)C(=O)NC(CS)C(=O)O. The molecule has 4 unspecified atom stereocenters. The van der Waals surface area contributed by atoms with Gasteiger partial charge in [0, 0.05) is 12.2 Å². The van der Waals surface area contributed by atoms with Crippen LogP contribution >= 0.6 is 24.4 Å². The van der Waals surface area contributed by atoms with Crippen LogP contribution < -0.4 is 21.7 Å². The van der Waals surface area contributed by atoms with E-state index in [-0.39, 0.29) is 18.6 Å². The van der Waals surface area contributed by atoms with Crippen molar-refractivity contribution in [3.05, 3.63) is 35.9 Å². The molecule has 0 heterocycles. The van der Waals surface area contributed by atoms with Gasteiger partial charge in [-0.3, -0.25) is 19.2 Å². The largest absolute Gasteiger partial charge is 0.481 e. The third-order valence-electron chi connectivity index (χ3n) is 4.69.